The van der Waals surface area contributed by atoms with Gasteiger partial charge in [0.15, 0.2) is 11.6 Å². The van der Waals surface area contributed by atoms with Gasteiger partial charge in [0.1, 0.15) is 12.1 Å². The minimum absolute atomic E-state index is 0. The van der Waals surface area contributed by atoms with Crippen LogP contribution in [0.2, 0.25) is 0 Å². The van der Waals surface area contributed by atoms with Crippen molar-refractivity contribution < 1.29 is 27.8 Å². The molecule has 0 saturated heterocycles. The molecule has 170 valence electrons. The zero-order valence-corrected chi connectivity index (χ0v) is 18.4. The van der Waals surface area contributed by atoms with Crippen molar-refractivity contribution in [1.29, 1.82) is 0 Å². The molecule has 1 fully saturated rings. The molecular formula is C20H30ClF2N3O4. The summed E-state index contributed by atoms with van der Waals surface area (Å²) < 4.78 is 43.6. The average molecular weight is 450 g/mol. The highest BCUT2D eigenvalue weighted by Gasteiger charge is 2.44. The van der Waals surface area contributed by atoms with Crippen LogP contribution in [0.1, 0.15) is 24.8 Å². The first kappa shape index (κ1) is 26.2. The zero-order chi connectivity index (χ0) is 21.3. The highest BCUT2D eigenvalue weighted by atomic mass is 35.5. The van der Waals surface area contributed by atoms with Crippen molar-refractivity contribution in [2.24, 2.45) is 4.99 Å². The fraction of sp³-hybridized carbons (Fsp3) is 0.600. The maximum Gasteiger partial charge on any atom is 0.326 e. The number of esters is 1. The average Bonchev–Trinajstić information content (AvgIpc) is 2.69. The van der Waals surface area contributed by atoms with E-state index in [9.17, 15) is 13.6 Å². The standard InChI is InChI=1S/C20H29F2N3O4.ClH/c1-25(9-11-27-2)10-12-29-16-6-5-15(17(21)18(16)22)13-23-14-24-20(7-4-8-20)19(26)28-3;/h5-6,13,24H,4,7-12,14H2,1-3H3;1H. The van der Waals surface area contributed by atoms with E-state index in [-0.39, 0.29) is 43.0 Å². The van der Waals surface area contributed by atoms with E-state index in [4.69, 9.17) is 14.2 Å². The highest BCUT2D eigenvalue weighted by molar-refractivity contribution is 5.85. The number of aliphatic imine (C=N–C) groups is 1. The number of nitrogens with zero attached hydrogens (tertiary/aromatic N) is 2. The van der Waals surface area contributed by atoms with Crippen LogP contribution in [0.3, 0.4) is 0 Å². The summed E-state index contributed by atoms with van der Waals surface area (Å²) in [4.78, 5) is 17.9. The van der Waals surface area contributed by atoms with Gasteiger partial charge in [0, 0.05) is 32.0 Å². The lowest BCUT2D eigenvalue weighted by Crippen LogP contribution is -2.57. The van der Waals surface area contributed by atoms with E-state index in [1.165, 1.54) is 25.5 Å². The minimum atomic E-state index is -1.05. The molecular weight excluding hydrogens is 420 g/mol. The molecule has 2 rings (SSSR count). The number of hydrogen-bond donors (Lipinski definition) is 1. The Morgan fingerprint density at radius 1 is 1.23 bits per heavy atom. The summed E-state index contributed by atoms with van der Waals surface area (Å²) in [5, 5.41) is 3.03. The Morgan fingerprint density at radius 3 is 2.53 bits per heavy atom. The fourth-order valence-electron chi connectivity index (χ4n) is 2.95. The number of carbonyl (C=O) groups excluding carboxylic acids is 1. The smallest absolute Gasteiger partial charge is 0.326 e. The third-order valence-electron chi connectivity index (χ3n) is 5.01. The van der Waals surface area contributed by atoms with Crippen LogP contribution in [-0.2, 0) is 14.3 Å². The van der Waals surface area contributed by atoms with Crippen LogP contribution in [0.25, 0.3) is 0 Å². The van der Waals surface area contributed by atoms with Gasteiger partial charge in [-0.25, -0.2) is 4.39 Å². The summed E-state index contributed by atoms with van der Waals surface area (Å²) in [6, 6.07) is 2.79. The summed E-state index contributed by atoms with van der Waals surface area (Å²) in [6.45, 7) is 2.19. The minimum Gasteiger partial charge on any atom is -0.489 e. The van der Waals surface area contributed by atoms with Crippen LogP contribution < -0.4 is 10.1 Å². The summed E-state index contributed by atoms with van der Waals surface area (Å²) in [5.41, 5.74) is -0.709. The Balaban J connectivity index is 0.00000450. The molecule has 1 aromatic carbocycles. The van der Waals surface area contributed by atoms with Gasteiger partial charge in [0.25, 0.3) is 0 Å². The molecule has 1 aromatic rings. The van der Waals surface area contributed by atoms with Gasteiger partial charge in [-0.05, 0) is 38.4 Å². The lowest BCUT2D eigenvalue weighted by molar-refractivity contribution is -0.152. The first-order valence-corrected chi connectivity index (χ1v) is 9.55. The van der Waals surface area contributed by atoms with E-state index in [1.807, 2.05) is 11.9 Å². The van der Waals surface area contributed by atoms with Gasteiger partial charge < -0.3 is 19.1 Å². The van der Waals surface area contributed by atoms with Crippen molar-refractivity contribution in [3.8, 4) is 5.75 Å². The number of halogens is 3. The van der Waals surface area contributed by atoms with Crippen LogP contribution >= 0.6 is 12.4 Å². The number of nitrogens with one attached hydrogen (secondary N) is 1. The Hall–Kier alpha value is -1.81. The summed E-state index contributed by atoms with van der Waals surface area (Å²) in [7, 11) is 4.85. The van der Waals surface area contributed by atoms with Crippen molar-refractivity contribution in [1.82, 2.24) is 10.2 Å². The van der Waals surface area contributed by atoms with Crippen molar-refractivity contribution >= 4 is 24.6 Å². The maximum atomic E-state index is 14.3. The van der Waals surface area contributed by atoms with Crippen molar-refractivity contribution in [3.05, 3.63) is 29.3 Å². The summed E-state index contributed by atoms with van der Waals surface area (Å²) in [6.07, 6.45) is 3.50. The van der Waals surface area contributed by atoms with E-state index in [0.29, 0.717) is 26.0 Å². The molecule has 0 radical (unpaired) electrons. The Bertz CT molecular complexity index is 718. The number of benzene rings is 1. The van der Waals surface area contributed by atoms with Crippen LogP contribution in [0.4, 0.5) is 8.78 Å². The zero-order valence-electron chi connectivity index (χ0n) is 17.6. The second-order valence-electron chi connectivity index (χ2n) is 7.00. The lowest BCUT2D eigenvalue weighted by Gasteiger charge is -2.39. The van der Waals surface area contributed by atoms with E-state index in [1.54, 1.807) is 7.11 Å². The molecule has 0 bridgehead atoms. The van der Waals surface area contributed by atoms with Gasteiger partial charge in [-0.15, -0.1) is 12.4 Å². The first-order valence-electron chi connectivity index (χ1n) is 9.55. The molecule has 1 N–H and O–H groups in total. The molecule has 0 unspecified atom stereocenters. The molecule has 1 aliphatic rings. The molecule has 0 atom stereocenters. The Labute approximate surface area is 182 Å². The molecule has 1 aliphatic carbocycles. The van der Waals surface area contributed by atoms with Gasteiger partial charge >= 0.3 is 5.97 Å². The van der Waals surface area contributed by atoms with E-state index in [0.717, 1.165) is 13.0 Å². The quantitative estimate of drug-likeness (QED) is 0.390. The summed E-state index contributed by atoms with van der Waals surface area (Å²) >= 11 is 0. The monoisotopic (exact) mass is 449 g/mol. The Morgan fingerprint density at radius 2 is 1.93 bits per heavy atom. The van der Waals surface area contributed by atoms with Crippen molar-refractivity contribution in [3.63, 3.8) is 0 Å². The second kappa shape index (κ2) is 12.8. The Kier molecular flexibility index (Phi) is 11.2. The lowest BCUT2D eigenvalue weighted by atomic mass is 9.77. The first-order chi connectivity index (χ1) is 13.9. The molecule has 1 saturated carbocycles. The van der Waals surface area contributed by atoms with Gasteiger partial charge in [0.2, 0.25) is 5.82 Å². The van der Waals surface area contributed by atoms with Gasteiger partial charge in [-0.3, -0.25) is 15.1 Å². The highest BCUT2D eigenvalue weighted by Crippen LogP contribution is 2.32. The SMILES string of the molecule is COCCN(C)CCOc1ccc(C=NCNC2(C(=O)OC)CCC2)c(F)c1F.Cl. The van der Waals surface area contributed by atoms with Crippen LogP contribution in [0, 0.1) is 11.6 Å². The molecule has 7 nitrogen and oxygen atoms in total. The van der Waals surface area contributed by atoms with Crippen molar-refractivity contribution in [2.45, 2.75) is 24.8 Å². The largest absolute Gasteiger partial charge is 0.489 e. The molecule has 0 aliphatic heterocycles. The predicted molar refractivity (Wildman–Crippen MR) is 113 cm³/mol. The predicted octanol–water partition coefficient (Wildman–Crippen LogP) is 2.41. The normalized spacial score (nSPS) is 15.0. The maximum absolute atomic E-state index is 14.3. The number of hydrogen-bond acceptors (Lipinski definition) is 7. The number of likely N-dealkylation sites (N-methyl/N-ethyl adjacent to an activating group) is 1. The molecule has 10 heteroatoms. The van der Waals surface area contributed by atoms with Crippen molar-refractivity contribution in [2.75, 3.05) is 54.2 Å². The van der Waals surface area contributed by atoms with E-state index in [2.05, 4.69) is 10.3 Å². The second-order valence-corrected chi connectivity index (χ2v) is 7.00. The van der Waals surface area contributed by atoms with Gasteiger partial charge in [-0.2, -0.15) is 4.39 Å². The third kappa shape index (κ3) is 6.87. The number of methoxy groups -OCH3 is 2. The number of carbonyl (C=O) groups is 1. The molecule has 0 aromatic heterocycles. The van der Waals surface area contributed by atoms with Crippen LogP contribution in [0.15, 0.2) is 17.1 Å². The van der Waals surface area contributed by atoms with E-state index >= 15 is 0 Å². The van der Waals surface area contributed by atoms with Crippen LogP contribution in [-0.4, -0.2) is 76.9 Å². The third-order valence-corrected chi connectivity index (χ3v) is 5.01. The summed E-state index contributed by atoms with van der Waals surface area (Å²) in [5.74, 6) is -2.54. The fourth-order valence-corrected chi connectivity index (χ4v) is 2.95. The van der Waals surface area contributed by atoms with Gasteiger partial charge in [-0.1, -0.05) is 0 Å². The topological polar surface area (TPSA) is 72.4 Å². The van der Waals surface area contributed by atoms with Gasteiger partial charge in [0.05, 0.1) is 20.4 Å². The van der Waals surface area contributed by atoms with E-state index < -0.39 is 17.2 Å². The van der Waals surface area contributed by atoms with Crippen LogP contribution in [0.5, 0.6) is 5.75 Å². The molecule has 30 heavy (non-hydrogen) atoms. The number of ether oxygens (including phenoxy) is 3. The molecule has 0 heterocycles. The molecule has 0 amide bonds. The molecule has 0 spiro atoms. The number of rotatable bonds is 12.